The van der Waals surface area contributed by atoms with E-state index in [0.717, 1.165) is 10.4 Å². The Morgan fingerprint density at radius 1 is 1.00 bits per heavy atom. The SMILES string of the molecule is Cc1ccc(S(=O)(=O)c2c(N)n(/N=C/c3cccs3)c3nc4ccccc4nc23)cc1. The fourth-order valence-electron chi connectivity index (χ4n) is 3.32. The number of hydrogen-bond acceptors (Lipinski definition) is 7. The summed E-state index contributed by atoms with van der Waals surface area (Å²) in [6.07, 6.45) is 1.62. The van der Waals surface area contributed by atoms with Crippen molar-refractivity contribution >= 4 is 55.4 Å². The van der Waals surface area contributed by atoms with Crippen molar-refractivity contribution in [3.63, 3.8) is 0 Å². The molecule has 0 amide bonds. The second kappa shape index (κ2) is 7.29. The van der Waals surface area contributed by atoms with E-state index in [1.165, 1.54) is 16.0 Å². The van der Waals surface area contributed by atoms with Crippen LogP contribution in [0.1, 0.15) is 10.4 Å². The highest BCUT2D eigenvalue weighted by atomic mass is 32.2. The molecule has 2 aromatic carbocycles. The van der Waals surface area contributed by atoms with Crippen LogP contribution in [0.15, 0.2) is 80.9 Å². The lowest BCUT2D eigenvalue weighted by Crippen LogP contribution is -2.06. The van der Waals surface area contributed by atoms with Crippen molar-refractivity contribution in [3.05, 3.63) is 76.5 Å². The van der Waals surface area contributed by atoms with Crippen LogP contribution in [0.3, 0.4) is 0 Å². The number of aryl methyl sites for hydroxylation is 1. The quantitative estimate of drug-likeness (QED) is 0.415. The molecule has 3 heterocycles. The molecule has 0 aliphatic rings. The maximum atomic E-state index is 13.6. The Morgan fingerprint density at radius 3 is 2.39 bits per heavy atom. The molecule has 0 unspecified atom stereocenters. The molecule has 0 saturated heterocycles. The molecular formula is C22H17N5O2S2. The van der Waals surface area contributed by atoms with E-state index in [1.807, 2.05) is 42.6 Å². The molecule has 0 radical (unpaired) electrons. The molecule has 154 valence electrons. The normalized spacial score (nSPS) is 12.3. The van der Waals surface area contributed by atoms with Gasteiger partial charge in [0.2, 0.25) is 9.84 Å². The summed E-state index contributed by atoms with van der Waals surface area (Å²) in [5.74, 6) is -0.0290. The molecule has 3 aromatic heterocycles. The summed E-state index contributed by atoms with van der Waals surface area (Å²) < 4.78 is 28.4. The molecule has 0 saturated carbocycles. The van der Waals surface area contributed by atoms with Crippen LogP contribution >= 0.6 is 11.3 Å². The highest BCUT2D eigenvalue weighted by Crippen LogP contribution is 2.35. The number of fused-ring (bicyclic) bond motifs is 2. The Balaban J connectivity index is 1.82. The van der Waals surface area contributed by atoms with Crippen molar-refractivity contribution in [2.24, 2.45) is 5.10 Å². The summed E-state index contributed by atoms with van der Waals surface area (Å²) in [6.45, 7) is 1.90. The highest BCUT2D eigenvalue weighted by molar-refractivity contribution is 7.92. The number of nitrogen functional groups attached to an aromatic ring is 1. The molecule has 0 fully saturated rings. The first kappa shape index (κ1) is 19.4. The van der Waals surface area contributed by atoms with Crippen molar-refractivity contribution in [3.8, 4) is 0 Å². The van der Waals surface area contributed by atoms with Gasteiger partial charge in [0.15, 0.2) is 5.65 Å². The largest absolute Gasteiger partial charge is 0.382 e. The van der Waals surface area contributed by atoms with E-state index in [4.69, 9.17) is 5.73 Å². The van der Waals surface area contributed by atoms with Gasteiger partial charge in [-0.25, -0.2) is 18.4 Å². The number of benzene rings is 2. The van der Waals surface area contributed by atoms with E-state index in [9.17, 15) is 8.42 Å². The second-order valence-corrected chi connectivity index (χ2v) is 9.85. The predicted octanol–water partition coefficient (Wildman–Crippen LogP) is 4.25. The van der Waals surface area contributed by atoms with Crippen LogP contribution in [0.4, 0.5) is 5.82 Å². The van der Waals surface area contributed by atoms with Gasteiger partial charge in [-0.2, -0.15) is 9.78 Å². The van der Waals surface area contributed by atoms with E-state index in [0.29, 0.717) is 11.0 Å². The van der Waals surface area contributed by atoms with Crippen LogP contribution < -0.4 is 5.73 Å². The molecule has 2 N–H and O–H groups in total. The summed E-state index contributed by atoms with van der Waals surface area (Å²) in [6, 6.07) is 17.7. The number of aromatic nitrogens is 3. The van der Waals surface area contributed by atoms with Crippen LogP contribution in [0, 0.1) is 6.92 Å². The van der Waals surface area contributed by atoms with Gasteiger partial charge in [0.1, 0.15) is 16.2 Å². The van der Waals surface area contributed by atoms with Gasteiger partial charge in [0, 0.05) is 4.88 Å². The van der Waals surface area contributed by atoms with Crippen LogP contribution in [0.25, 0.3) is 22.2 Å². The van der Waals surface area contributed by atoms with Crippen molar-refractivity contribution in [1.82, 2.24) is 14.6 Å². The molecule has 5 aromatic rings. The number of rotatable bonds is 4. The Morgan fingerprint density at radius 2 is 1.71 bits per heavy atom. The lowest BCUT2D eigenvalue weighted by Gasteiger charge is -2.05. The van der Waals surface area contributed by atoms with Gasteiger partial charge in [0.25, 0.3) is 0 Å². The fourth-order valence-corrected chi connectivity index (χ4v) is 5.38. The van der Waals surface area contributed by atoms with E-state index in [2.05, 4.69) is 15.1 Å². The van der Waals surface area contributed by atoms with Crippen molar-refractivity contribution in [2.75, 3.05) is 5.73 Å². The minimum absolute atomic E-state index is 0.0290. The lowest BCUT2D eigenvalue weighted by molar-refractivity contribution is 0.597. The fraction of sp³-hybridized carbons (Fsp3) is 0.0455. The summed E-state index contributed by atoms with van der Waals surface area (Å²) >= 11 is 1.51. The number of thiophene rings is 1. The maximum Gasteiger partial charge on any atom is 0.212 e. The zero-order valence-corrected chi connectivity index (χ0v) is 18.1. The third-order valence-electron chi connectivity index (χ3n) is 4.87. The first-order valence-electron chi connectivity index (χ1n) is 9.41. The third-order valence-corrected chi connectivity index (χ3v) is 7.51. The molecule has 0 atom stereocenters. The van der Waals surface area contributed by atoms with Gasteiger partial charge in [-0.1, -0.05) is 35.9 Å². The number of para-hydroxylation sites is 2. The van der Waals surface area contributed by atoms with Gasteiger partial charge in [-0.3, -0.25) is 0 Å². The van der Waals surface area contributed by atoms with Crippen LogP contribution in [0.2, 0.25) is 0 Å². The van der Waals surface area contributed by atoms with Crippen molar-refractivity contribution < 1.29 is 8.42 Å². The minimum atomic E-state index is -3.95. The maximum absolute atomic E-state index is 13.6. The molecule has 0 aliphatic carbocycles. The first-order chi connectivity index (χ1) is 14.9. The summed E-state index contributed by atoms with van der Waals surface area (Å²) in [7, 11) is -3.95. The number of nitrogens with two attached hydrogens (primary N) is 1. The zero-order valence-electron chi connectivity index (χ0n) is 16.4. The van der Waals surface area contributed by atoms with Gasteiger partial charge in [-0.15, -0.1) is 11.3 Å². The Hall–Kier alpha value is -3.56. The number of nitrogens with zero attached hydrogens (tertiary/aromatic N) is 4. The van der Waals surface area contributed by atoms with Gasteiger partial charge < -0.3 is 5.73 Å². The lowest BCUT2D eigenvalue weighted by atomic mass is 10.2. The molecule has 31 heavy (non-hydrogen) atoms. The molecule has 0 spiro atoms. The minimum Gasteiger partial charge on any atom is -0.382 e. The molecular weight excluding hydrogens is 430 g/mol. The van der Waals surface area contributed by atoms with Gasteiger partial charge in [-0.05, 0) is 42.6 Å². The van der Waals surface area contributed by atoms with Crippen LogP contribution in [-0.2, 0) is 9.84 Å². The number of anilines is 1. The molecule has 7 nitrogen and oxygen atoms in total. The van der Waals surface area contributed by atoms with E-state index < -0.39 is 9.84 Å². The molecule has 9 heteroatoms. The Kier molecular flexibility index (Phi) is 4.57. The zero-order chi connectivity index (χ0) is 21.6. The van der Waals surface area contributed by atoms with Gasteiger partial charge >= 0.3 is 0 Å². The van der Waals surface area contributed by atoms with Crippen LogP contribution in [0.5, 0.6) is 0 Å². The first-order valence-corrected chi connectivity index (χ1v) is 11.8. The van der Waals surface area contributed by atoms with Crippen molar-refractivity contribution in [2.45, 2.75) is 16.7 Å². The van der Waals surface area contributed by atoms with E-state index >= 15 is 0 Å². The number of hydrogen-bond donors (Lipinski definition) is 1. The monoisotopic (exact) mass is 447 g/mol. The summed E-state index contributed by atoms with van der Waals surface area (Å²) in [4.78, 5) is 10.2. The standard InChI is InChI=1S/C22H17N5O2S2/c1-14-8-10-16(11-9-14)31(28,29)20-19-22(26-18-7-3-2-6-17(18)25-19)27(21(20)23)24-13-15-5-4-12-30-15/h2-13H,23H2,1H3/b24-13+. The smallest absolute Gasteiger partial charge is 0.212 e. The molecule has 0 aliphatic heterocycles. The third kappa shape index (κ3) is 3.28. The average Bonchev–Trinajstić information content (AvgIpc) is 3.36. The Bertz CT molecular complexity index is 1550. The number of sulfone groups is 1. The molecule has 5 rings (SSSR count). The van der Waals surface area contributed by atoms with Crippen molar-refractivity contribution in [1.29, 1.82) is 0 Å². The highest BCUT2D eigenvalue weighted by Gasteiger charge is 2.30. The predicted molar refractivity (Wildman–Crippen MR) is 123 cm³/mol. The average molecular weight is 448 g/mol. The summed E-state index contributed by atoms with van der Waals surface area (Å²) in [5.41, 5.74) is 9.01. The Labute approximate surface area is 182 Å². The summed E-state index contributed by atoms with van der Waals surface area (Å²) in [5, 5.41) is 6.36. The van der Waals surface area contributed by atoms with Gasteiger partial charge in [0.05, 0.1) is 22.1 Å². The van der Waals surface area contributed by atoms with Crippen LogP contribution in [-0.4, -0.2) is 29.3 Å². The van der Waals surface area contributed by atoms with E-state index in [-0.39, 0.29) is 26.8 Å². The second-order valence-electron chi connectivity index (χ2n) is 6.99. The topological polar surface area (TPSA) is 103 Å². The van der Waals surface area contributed by atoms with E-state index in [1.54, 1.807) is 36.5 Å². The molecule has 0 bridgehead atoms.